The molecule has 1 fully saturated rings. The van der Waals surface area contributed by atoms with Gasteiger partial charge in [-0.25, -0.2) is 9.19 Å². The summed E-state index contributed by atoms with van der Waals surface area (Å²) in [6.45, 7) is 5.89. The van der Waals surface area contributed by atoms with E-state index in [1.807, 2.05) is 37.3 Å². The van der Waals surface area contributed by atoms with Crippen molar-refractivity contribution in [1.82, 2.24) is 14.9 Å². The van der Waals surface area contributed by atoms with Crippen LogP contribution in [0.4, 0.5) is 23.1 Å². The van der Waals surface area contributed by atoms with Crippen LogP contribution in [0.3, 0.4) is 0 Å². The van der Waals surface area contributed by atoms with Gasteiger partial charge in [-0.2, -0.15) is 4.98 Å². The molecule has 32 heavy (non-hydrogen) atoms. The zero-order valence-electron chi connectivity index (χ0n) is 18.0. The molecule has 1 aromatic heterocycles. The molecule has 1 aliphatic rings. The first-order chi connectivity index (χ1) is 15.6. The molecule has 2 aromatic carbocycles. The van der Waals surface area contributed by atoms with Crippen molar-refractivity contribution in [2.45, 2.75) is 24.7 Å². The Morgan fingerprint density at radius 2 is 1.88 bits per heavy atom. The van der Waals surface area contributed by atoms with Gasteiger partial charge in [0, 0.05) is 29.7 Å². The highest BCUT2D eigenvalue weighted by molar-refractivity contribution is 7.79. The molecule has 3 aromatic rings. The van der Waals surface area contributed by atoms with E-state index in [9.17, 15) is 8.76 Å². The number of benzene rings is 2. The Kier molecular flexibility index (Phi) is 7.31. The van der Waals surface area contributed by atoms with Crippen molar-refractivity contribution >= 4 is 34.2 Å². The maximum atomic E-state index is 11.3. The normalized spacial score (nSPS) is 14.8. The summed E-state index contributed by atoms with van der Waals surface area (Å²) in [7, 11) is 0. The third kappa shape index (κ3) is 6.03. The van der Waals surface area contributed by atoms with Crippen molar-refractivity contribution in [3.63, 3.8) is 0 Å². The van der Waals surface area contributed by atoms with Gasteiger partial charge in [-0.3, -0.25) is 4.90 Å². The molecule has 2 heterocycles. The molecule has 1 aliphatic heterocycles. The lowest BCUT2D eigenvalue weighted by atomic mass is 10.3. The van der Waals surface area contributed by atoms with Crippen molar-refractivity contribution < 1.29 is 13.5 Å². The molecule has 0 amide bonds. The standard InChI is InChI=1S/C23H27N5O3S/c1-17-16-24-23(27-22(17)25-19-5-4-6-21(15-19)32(29)30)26-18-7-9-20(10-8-18)31-14-13-28-11-2-3-12-28/h4-10,15-16H,2-3,11-14H2,1H3,(H,29,30)(H2,24,25,26,27). The van der Waals surface area contributed by atoms with E-state index in [1.165, 1.54) is 25.9 Å². The average Bonchev–Trinajstić information content (AvgIpc) is 3.31. The van der Waals surface area contributed by atoms with Gasteiger partial charge in [0.05, 0.1) is 4.90 Å². The molecule has 1 unspecified atom stereocenters. The molecule has 168 valence electrons. The minimum atomic E-state index is -2.04. The topological polar surface area (TPSA) is 99.6 Å². The number of hydrogen-bond acceptors (Lipinski definition) is 7. The van der Waals surface area contributed by atoms with Crippen molar-refractivity contribution in [1.29, 1.82) is 0 Å². The maximum absolute atomic E-state index is 11.3. The molecule has 0 aliphatic carbocycles. The third-order valence-electron chi connectivity index (χ3n) is 5.26. The molecule has 0 radical (unpaired) electrons. The molecule has 8 nitrogen and oxygen atoms in total. The van der Waals surface area contributed by atoms with Crippen molar-refractivity contribution in [2.24, 2.45) is 0 Å². The number of likely N-dealkylation sites (tertiary alicyclic amines) is 1. The quantitative estimate of drug-likeness (QED) is 0.412. The maximum Gasteiger partial charge on any atom is 0.229 e. The first-order valence-corrected chi connectivity index (χ1v) is 11.7. The number of nitrogens with one attached hydrogen (secondary N) is 2. The van der Waals surface area contributed by atoms with Crippen LogP contribution in [0.1, 0.15) is 18.4 Å². The first-order valence-electron chi connectivity index (χ1n) is 10.6. The molecule has 1 saturated heterocycles. The summed E-state index contributed by atoms with van der Waals surface area (Å²) in [5.74, 6) is 1.90. The third-order valence-corrected chi connectivity index (χ3v) is 5.91. The van der Waals surface area contributed by atoms with Crippen LogP contribution in [0.15, 0.2) is 59.6 Å². The van der Waals surface area contributed by atoms with Crippen molar-refractivity contribution in [2.75, 3.05) is 36.9 Å². The second kappa shape index (κ2) is 10.5. The number of nitrogens with zero attached hydrogens (tertiary/aromatic N) is 3. The second-order valence-corrected chi connectivity index (χ2v) is 8.64. The fourth-order valence-corrected chi connectivity index (χ4v) is 3.93. The number of ether oxygens (including phenoxy) is 1. The van der Waals surface area contributed by atoms with Gasteiger partial charge in [-0.15, -0.1) is 0 Å². The average molecular weight is 454 g/mol. The van der Waals surface area contributed by atoms with Gasteiger partial charge >= 0.3 is 0 Å². The Hall–Kier alpha value is -3.01. The minimum Gasteiger partial charge on any atom is -0.492 e. The lowest BCUT2D eigenvalue weighted by molar-refractivity contribution is 0.238. The summed E-state index contributed by atoms with van der Waals surface area (Å²) in [5, 5.41) is 6.39. The SMILES string of the molecule is Cc1cnc(Nc2ccc(OCCN3CCCC3)cc2)nc1Nc1cccc(S(=O)O)c1. The summed E-state index contributed by atoms with van der Waals surface area (Å²) in [6.07, 6.45) is 4.30. The zero-order chi connectivity index (χ0) is 22.3. The van der Waals surface area contributed by atoms with E-state index in [-0.39, 0.29) is 0 Å². The summed E-state index contributed by atoms with van der Waals surface area (Å²) < 4.78 is 26.5. The van der Waals surface area contributed by atoms with Crippen LogP contribution in [0.2, 0.25) is 0 Å². The molecule has 4 rings (SSSR count). The summed E-state index contributed by atoms with van der Waals surface area (Å²) in [6, 6.07) is 14.5. The minimum absolute atomic E-state index is 0.322. The summed E-state index contributed by atoms with van der Waals surface area (Å²) >= 11 is -2.04. The van der Waals surface area contributed by atoms with E-state index in [1.54, 1.807) is 24.4 Å². The van der Waals surface area contributed by atoms with Gasteiger partial charge in [-0.05, 0) is 75.3 Å². The van der Waals surface area contributed by atoms with E-state index in [4.69, 9.17) is 4.74 Å². The Bertz CT molecular complexity index is 1070. The van der Waals surface area contributed by atoms with Gasteiger partial charge in [0.25, 0.3) is 0 Å². The number of anilines is 4. The molecular weight excluding hydrogens is 426 g/mol. The van der Waals surface area contributed by atoms with Crippen LogP contribution in [0.5, 0.6) is 5.75 Å². The fourth-order valence-electron chi connectivity index (χ4n) is 3.51. The number of hydrogen-bond donors (Lipinski definition) is 3. The molecule has 0 bridgehead atoms. The van der Waals surface area contributed by atoms with E-state index in [0.29, 0.717) is 29.0 Å². The van der Waals surface area contributed by atoms with Crippen molar-refractivity contribution in [3.8, 4) is 5.75 Å². The molecule has 1 atom stereocenters. The lowest BCUT2D eigenvalue weighted by Crippen LogP contribution is -2.25. The Balaban J connectivity index is 1.37. The number of rotatable bonds is 9. The van der Waals surface area contributed by atoms with E-state index >= 15 is 0 Å². The lowest BCUT2D eigenvalue weighted by Gasteiger charge is -2.15. The van der Waals surface area contributed by atoms with E-state index < -0.39 is 11.1 Å². The fraction of sp³-hybridized carbons (Fsp3) is 0.304. The van der Waals surface area contributed by atoms with Crippen LogP contribution < -0.4 is 15.4 Å². The highest BCUT2D eigenvalue weighted by Crippen LogP contribution is 2.23. The molecule has 0 spiro atoms. The number of aryl methyl sites for hydroxylation is 1. The number of aromatic nitrogens is 2. The highest BCUT2D eigenvalue weighted by Gasteiger charge is 2.11. The van der Waals surface area contributed by atoms with E-state index in [2.05, 4.69) is 25.5 Å². The van der Waals surface area contributed by atoms with Crippen LogP contribution in [0.25, 0.3) is 0 Å². The van der Waals surface area contributed by atoms with E-state index in [0.717, 1.165) is 23.5 Å². The summed E-state index contributed by atoms with van der Waals surface area (Å²) in [4.78, 5) is 11.6. The van der Waals surface area contributed by atoms with Crippen molar-refractivity contribution in [3.05, 3.63) is 60.3 Å². The zero-order valence-corrected chi connectivity index (χ0v) is 18.8. The summed E-state index contributed by atoms with van der Waals surface area (Å²) in [5.41, 5.74) is 2.38. The predicted octanol–water partition coefficient (Wildman–Crippen LogP) is 4.33. The Morgan fingerprint density at radius 1 is 1.09 bits per heavy atom. The van der Waals surface area contributed by atoms with Crippen LogP contribution in [-0.2, 0) is 11.1 Å². The smallest absolute Gasteiger partial charge is 0.229 e. The van der Waals surface area contributed by atoms with Crippen LogP contribution in [0, 0.1) is 6.92 Å². The molecular formula is C23H27N5O3S. The van der Waals surface area contributed by atoms with Gasteiger partial charge in [0.1, 0.15) is 18.2 Å². The Morgan fingerprint density at radius 3 is 2.62 bits per heavy atom. The van der Waals surface area contributed by atoms with Gasteiger partial charge in [0.2, 0.25) is 5.95 Å². The highest BCUT2D eigenvalue weighted by atomic mass is 32.2. The largest absolute Gasteiger partial charge is 0.492 e. The molecule has 9 heteroatoms. The predicted molar refractivity (Wildman–Crippen MR) is 126 cm³/mol. The van der Waals surface area contributed by atoms with Gasteiger partial charge < -0.3 is 19.9 Å². The van der Waals surface area contributed by atoms with Crippen LogP contribution in [-0.4, -0.2) is 49.9 Å². The van der Waals surface area contributed by atoms with Gasteiger partial charge in [0.15, 0.2) is 11.1 Å². The second-order valence-electron chi connectivity index (χ2n) is 7.67. The van der Waals surface area contributed by atoms with Gasteiger partial charge in [-0.1, -0.05) is 6.07 Å². The molecule has 0 saturated carbocycles. The Labute approximate surface area is 190 Å². The van der Waals surface area contributed by atoms with Crippen LogP contribution >= 0.6 is 0 Å². The monoisotopic (exact) mass is 453 g/mol. The molecule has 3 N–H and O–H groups in total. The first kappa shape index (κ1) is 22.2.